The molecule has 4 heteroatoms. The Balaban J connectivity index is 3.57. The monoisotopic (exact) mass is 154 g/mol. The molecule has 0 atom stereocenters. The van der Waals surface area contributed by atoms with E-state index in [1.165, 1.54) is 6.08 Å². The molecule has 0 aromatic carbocycles. The Morgan fingerprint density at radius 3 is 2.25 bits per heavy atom. The predicted octanol–water partition coefficient (Wildman–Crippen LogP) is 1.13. The van der Waals surface area contributed by atoms with Crippen LogP contribution in [0.1, 0.15) is 6.42 Å². The minimum atomic E-state index is -3.29. The first kappa shape index (κ1) is 7.98. The number of hydrogen-bond donors (Lipinski definition) is 0. The molecule has 8 heavy (non-hydrogen) atoms. The Kier molecular flexibility index (Phi) is 3.09. The first-order valence-corrected chi connectivity index (χ1v) is 4.57. The molecule has 0 spiro atoms. The highest BCUT2D eigenvalue weighted by atomic mass is 35.7. The normalized spacial score (nSPS) is 11.1. The van der Waals surface area contributed by atoms with Crippen LogP contribution in [0.25, 0.3) is 0 Å². The topological polar surface area (TPSA) is 34.1 Å². The van der Waals surface area contributed by atoms with Gasteiger partial charge in [0, 0.05) is 10.7 Å². The van der Waals surface area contributed by atoms with E-state index < -0.39 is 9.05 Å². The lowest BCUT2D eigenvalue weighted by molar-refractivity contribution is 0.609. The van der Waals surface area contributed by atoms with E-state index in [4.69, 9.17) is 10.7 Å². The fourth-order valence-corrected chi connectivity index (χ4v) is 0.940. The van der Waals surface area contributed by atoms with Crippen LogP contribution in [0, 0.1) is 0 Å². The maximum absolute atomic E-state index is 10.1. The van der Waals surface area contributed by atoms with Crippen LogP contribution in [0.5, 0.6) is 0 Å². The van der Waals surface area contributed by atoms with Crippen molar-refractivity contribution in [1.29, 1.82) is 0 Å². The van der Waals surface area contributed by atoms with Crippen LogP contribution in [-0.2, 0) is 9.05 Å². The van der Waals surface area contributed by atoms with Crippen molar-refractivity contribution in [2.45, 2.75) is 6.42 Å². The zero-order valence-corrected chi connectivity index (χ0v) is 5.87. The third-order valence-corrected chi connectivity index (χ3v) is 1.75. The number of rotatable bonds is 3. The molecule has 0 saturated heterocycles. The third-order valence-electron chi connectivity index (χ3n) is 0.566. The van der Waals surface area contributed by atoms with Gasteiger partial charge in [-0.3, -0.25) is 0 Å². The van der Waals surface area contributed by atoms with E-state index >= 15 is 0 Å². The molecule has 2 nitrogen and oxygen atoms in total. The molecule has 0 unspecified atom stereocenters. The molecule has 0 rings (SSSR count). The molecule has 0 aromatic rings. The molecular formula is C4H7ClO2S. The highest BCUT2D eigenvalue weighted by Gasteiger charge is 2.00. The minimum Gasteiger partial charge on any atom is -0.212 e. The number of allylic oxidation sites excluding steroid dienone is 1. The van der Waals surface area contributed by atoms with Gasteiger partial charge in [0.2, 0.25) is 9.05 Å². The van der Waals surface area contributed by atoms with Crippen molar-refractivity contribution in [2.24, 2.45) is 0 Å². The summed E-state index contributed by atoms with van der Waals surface area (Å²) in [7, 11) is 1.55. The lowest BCUT2D eigenvalue weighted by atomic mass is 10.5. The van der Waals surface area contributed by atoms with E-state index in [0.717, 1.165) is 0 Å². The summed E-state index contributed by atoms with van der Waals surface area (Å²) in [5.41, 5.74) is 0. The van der Waals surface area contributed by atoms with Gasteiger partial charge in [0.05, 0.1) is 5.75 Å². The van der Waals surface area contributed by atoms with Gasteiger partial charge in [0.15, 0.2) is 0 Å². The minimum absolute atomic E-state index is 0.0158. The van der Waals surface area contributed by atoms with Crippen LogP contribution in [0.4, 0.5) is 0 Å². The average molecular weight is 155 g/mol. The first-order valence-electron chi connectivity index (χ1n) is 2.09. The summed E-state index contributed by atoms with van der Waals surface area (Å²) < 4.78 is 20.2. The Morgan fingerprint density at radius 2 is 2.12 bits per heavy atom. The molecule has 0 aromatic heterocycles. The summed E-state index contributed by atoms with van der Waals surface area (Å²) in [6, 6.07) is 0. The van der Waals surface area contributed by atoms with Gasteiger partial charge in [-0.2, -0.15) is 0 Å². The van der Waals surface area contributed by atoms with Crippen molar-refractivity contribution in [3.63, 3.8) is 0 Å². The SMILES string of the molecule is C=CCCS(=O)(=O)Cl. The molecular weight excluding hydrogens is 148 g/mol. The van der Waals surface area contributed by atoms with Crippen molar-refractivity contribution >= 4 is 19.7 Å². The number of hydrogen-bond acceptors (Lipinski definition) is 2. The third kappa shape index (κ3) is 5.98. The van der Waals surface area contributed by atoms with Crippen molar-refractivity contribution in [3.8, 4) is 0 Å². The summed E-state index contributed by atoms with van der Waals surface area (Å²) >= 11 is 0. The molecule has 0 aliphatic heterocycles. The first-order chi connectivity index (χ1) is 3.56. The second-order valence-corrected chi connectivity index (χ2v) is 4.22. The molecule has 0 aliphatic rings. The summed E-state index contributed by atoms with van der Waals surface area (Å²) in [5.74, 6) is -0.0158. The molecule has 0 heterocycles. The quantitative estimate of drug-likeness (QED) is 0.451. The molecule has 48 valence electrons. The van der Waals surface area contributed by atoms with Gasteiger partial charge in [0.1, 0.15) is 0 Å². The lowest BCUT2D eigenvalue weighted by Gasteiger charge is -1.85. The van der Waals surface area contributed by atoms with Gasteiger partial charge in [-0.1, -0.05) is 6.08 Å². The summed E-state index contributed by atoms with van der Waals surface area (Å²) in [6.07, 6.45) is 1.94. The zero-order chi connectivity index (χ0) is 6.62. The Hall–Kier alpha value is -0.0200. The van der Waals surface area contributed by atoms with E-state index in [1.807, 2.05) is 0 Å². The van der Waals surface area contributed by atoms with Gasteiger partial charge in [-0.15, -0.1) is 6.58 Å². The van der Waals surface area contributed by atoms with E-state index in [9.17, 15) is 8.42 Å². The molecule has 0 amide bonds. The van der Waals surface area contributed by atoms with Gasteiger partial charge < -0.3 is 0 Å². The van der Waals surface area contributed by atoms with Crippen molar-refractivity contribution in [1.82, 2.24) is 0 Å². The second kappa shape index (κ2) is 3.10. The van der Waals surface area contributed by atoms with Crippen LogP contribution in [0.2, 0.25) is 0 Å². The van der Waals surface area contributed by atoms with Crippen molar-refractivity contribution in [3.05, 3.63) is 12.7 Å². The van der Waals surface area contributed by atoms with Gasteiger partial charge in [0.25, 0.3) is 0 Å². The van der Waals surface area contributed by atoms with Crippen LogP contribution in [0.15, 0.2) is 12.7 Å². The van der Waals surface area contributed by atoms with E-state index in [1.54, 1.807) is 0 Å². The van der Waals surface area contributed by atoms with Gasteiger partial charge >= 0.3 is 0 Å². The molecule has 0 radical (unpaired) electrons. The fourth-order valence-electron chi connectivity index (χ4n) is 0.224. The summed E-state index contributed by atoms with van der Waals surface area (Å²) in [6.45, 7) is 3.34. The van der Waals surface area contributed by atoms with Gasteiger partial charge in [-0.25, -0.2) is 8.42 Å². The average Bonchev–Trinajstić information content (AvgIpc) is 1.59. The Bertz CT molecular complexity index is 159. The smallest absolute Gasteiger partial charge is 0.212 e. The van der Waals surface area contributed by atoms with Crippen LogP contribution in [-0.4, -0.2) is 14.2 Å². The standard InChI is InChI=1S/C4H7ClO2S/c1-2-3-4-8(5,6)7/h2H,1,3-4H2. The second-order valence-electron chi connectivity index (χ2n) is 1.32. The van der Waals surface area contributed by atoms with Crippen LogP contribution in [0.3, 0.4) is 0 Å². The molecule has 0 saturated carbocycles. The highest BCUT2D eigenvalue weighted by molar-refractivity contribution is 8.13. The maximum Gasteiger partial charge on any atom is 0.232 e. The van der Waals surface area contributed by atoms with Crippen molar-refractivity contribution < 1.29 is 8.42 Å². The fraction of sp³-hybridized carbons (Fsp3) is 0.500. The molecule has 0 N–H and O–H groups in total. The zero-order valence-electron chi connectivity index (χ0n) is 4.30. The van der Waals surface area contributed by atoms with E-state index in [2.05, 4.69) is 6.58 Å². The van der Waals surface area contributed by atoms with E-state index in [0.29, 0.717) is 6.42 Å². The largest absolute Gasteiger partial charge is 0.232 e. The van der Waals surface area contributed by atoms with Crippen molar-refractivity contribution in [2.75, 3.05) is 5.75 Å². The Morgan fingerprint density at radius 1 is 1.62 bits per heavy atom. The highest BCUT2D eigenvalue weighted by Crippen LogP contribution is 1.97. The van der Waals surface area contributed by atoms with E-state index in [-0.39, 0.29) is 5.75 Å². The predicted molar refractivity (Wildman–Crippen MR) is 34.5 cm³/mol. The molecule has 0 fully saturated rings. The Labute approximate surface area is 53.6 Å². The molecule has 0 aliphatic carbocycles. The maximum atomic E-state index is 10.1. The van der Waals surface area contributed by atoms with Crippen LogP contribution >= 0.6 is 10.7 Å². The van der Waals surface area contributed by atoms with Crippen LogP contribution < -0.4 is 0 Å². The lowest BCUT2D eigenvalue weighted by Crippen LogP contribution is -1.93. The summed E-state index contributed by atoms with van der Waals surface area (Å²) in [4.78, 5) is 0. The molecule has 0 bridgehead atoms. The number of halogens is 1. The van der Waals surface area contributed by atoms with Gasteiger partial charge in [-0.05, 0) is 6.42 Å². The summed E-state index contributed by atoms with van der Waals surface area (Å²) in [5, 5.41) is 0.